The number of benzene rings is 1. The molecule has 154 valence electrons. The number of pyridine rings is 1. The van der Waals surface area contributed by atoms with E-state index in [0.717, 1.165) is 17.8 Å². The van der Waals surface area contributed by atoms with Crippen molar-refractivity contribution in [2.45, 2.75) is 38.0 Å². The van der Waals surface area contributed by atoms with Crippen LogP contribution in [0.3, 0.4) is 0 Å². The van der Waals surface area contributed by atoms with E-state index in [1.165, 1.54) is 0 Å². The van der Waals surface area contributed by atoms with Crippen LogP contribution in [0.4, 0.5) is 5.82 Å². The zero-order chi connectivity index (χ0) is 20.9. The molecule has 8 nitrogen and oxygen atoms in total. The van der Waals surface area contributed by atoms with Crippen LogP contribution in [0.15, 0.2) is 54.7 Å². The van der Waals surface area contributed by atoms with Crippen LogP contribution in [0.5, 0.6) is 0 Å². The minimum atomic E-state index is -0.977. The van der Waals surface area contributed by atoms with Gasteiger partial charge in [0.25, 0.3) is 0 Å². The summed E-state index contributed by atoms with van der Waals surface area (Å²) in [4.78, 5) is 39.2. The monoisotopic (exact) mass is 398 g/mol. The first kappa shape index (κ1) is 21.9. The zero-order valence-electron chi connectivity index (χ0n) is 16.1. The molecule has 0 aliphatic heterocycles. The lowest BCUT2D eigenvalue weighted by Gasteiger charge is -2.15. The molecule has 1 heterocycles. The molecule has 2 aromatic rings. The van der Waals surface area contributed by atoms with E-state index in [1.807, 2.05) is 24.3 Å². The number of hydrogen-bond acceptors (Lipinski definition) is 5. The van der Waals surface area contributed by atoms with Crippen molar-refractivity contribution in [1.82, 2.24) is 15.8 Å². The molecule has 0 aliphatic carbocycles. The maximum Gasteiger partial charge on any atom is 0.303 e. The van der Waals surface area contributed by atoms with Gasteiger partial charge >= 0.3 is 5.97 Å². The number of rotatable bonds is 11. The summed E-state index contributed by atoms with van der Waals surface area (Å²) in [6.45, 7) is 0.699. The van der Waals surface area contributed by atoms with E-state index in [9.17, 15) is 14.4 Å². The number of unbranched alkanes of at least 4 members (excludes halogenated alkanes) is 1. The van der Waals surface area contributed by atoms with E-state index < -0.39 is 17.8 Å². The van der Waals surface area contributed by atoms with Crippen LogP contribution < -0.4 is 16.2 Å². The maximum atomic E-state index is 12.1. The zero-order valence-corrected chi connectivity index (χ0v) is 16.1. The number of carbonyl (C=O) groups is 3. The fraction of sp³-hybridized carbons (Fsp3) is 0.333. The Bertz CT molecular complexity index is 784. The topological polar surface area (TPSA) is 120 Å². The normalized spacial score (nSPS) is 11.3. The second-order valence-electron chi connectivity index (χ2n) is 6.60. The predicted molar refractivity (Wildman–Crippen MR) is 109 cm³/mol. The average Bonchev–Trinajstić information content (AvgIpc) is 2.72. The van der Waals surface area contributed by atoms with Gasteiger partial charge in [-0.2, -0.15) is 0 Å². The Balaban J connectivity index is 1.65. The fourth-order valence-electron chi connectivity index (χ4n) is 2.81. The molecule has 0 aliphatic rings. The first-order chi connectivity index (χ1) is 14.0. The number of hydrogen-bond donors (Lipinski definition) is 4. The average molecular weight is 398 g/mol. The highest BCUT2D eigenvalue weighted by Gasteiger charge is 2.19. The van der Waals surface area contributed by atoms with Crippen LogP contribution in [0.1, 0.15) is 43.6 Å². The summed E-state index contributed by atoms with van der Waals surface area (Å²) >= 11 is 0. The highest BCUT2D eigenvalue weighted by molar-refractivity contribution is 5.82. The predicted octanol–water partition coefficient (Wildman–Crippen LogP) is 2.46. The van der Waals surface area contributed by atoms with Gasteiger partial charge in [0.2, 0.25) is 11.8 Å². The Morgan fingerprint density at radius 1 is 0.897 bits per heavy atom. The third-order valence-corrected chi connectivity index (χ3v) is 4.27. The summed E-state index contributed by atoms with van der Waals surface area (Å²) in [6, 6.07) is 14.6. The van der Waals surface area contributed by atoms with Gasteiger partial charge in [0.15, 0.2) is 0 Å². The lowest BCUT2D eigenvalue weighted by atomic mass is 9.92. The van der Waals surface area contributed by atoms with Crippen molar-refractivity contribution in [3.8, 4) is 0 Å². The van der Waals surface area contributed by atoms with Crippen molar-refractivity contribution >= 4 is 23.6 Å². The molecule has 0 spiro atoms. The summed E-state index contributed by atoms with van der Waals surface area (Å²) in [5.41, 5.74) is 5.52. The molecular formula is C21H26N4O4. The number of carbonyl (C=O) groups excluding carboxylic acids is 2. The van der Waals surface area contributed by atoms with E-state index in [1.54, 1.807) is 30.5 Å². The lowest BCUT2D eigenvalue weighted by Crippen LogP contribution is -2.42. The largest absolute Gasteiger partial charge is 0.481 e. The summed E-state index contributed by atoms with van der Waals surface area (Å²) < 4.78 is 0. The molecule has 2 rings (SSSR count). The van der Waals surface area contributed by atoms with Gasteiger partial charge < -0.3 is 10.4 Å². The lowest BCUT2D eigenvalue weighted by molar-refractivity contribution is -0.137. The fourth-order valence-corrected chi connectivity index (χ4v) is 2.81. The maximum absolute atomic E-state index is 12.1. The van der Waals surface area contributed by atoms with Gasteiger partial charge in [0.1, 0.15) is 5.82 Å². The molecule has 2 amide bonds. The SMILES string of the molecule is O=C(O)CC(CC(=O)NNC(=O)CCCCNc1ccccn1)c1ccccc1. The molecule has 0 fully saturated rings. The summed E-state index contributed by atoms with van der Waals surface area (Å²) in [5, 5.41) is 12.2. The van der Waals surface area contributed by atoms with E-state index >= 15 is 0 Å². The number of carboxylic acids is 1. The molecule has 0 radical (unpaired) electrons. The summed E-state index contributed by atoms with van der Waals surface area (Å²) in [5.74, 6) is -1.35. The summed E-state index contributed by atoms with van der Waals surface area (Å²) in [6.07, 6.45) is 3.25. The van der Waals surface area contributed by atoms with Crippen molar-refractivity contribution in [3.05, 3.63) is 60.3 Å². The number of aliphatic carboxylic acids is 1. The standard InChI is InChI=1S/C21H26N4O4/c26-19(11-5-7-13-23-18-10-4-6-12-22-18)24-25-20(27)14-17(15-21(28)29)16-8-2-1-3-9-16/h1-4,6,8-10,12,17H,5,7,11,13-15H2,(H,22,23)(H,24,26)(H,25,27)(H,28,29). The van der Waals surface area contributed by atoms with E-state index in [2.05, 4.69) is 21.2 Å². The second-order valence-corrected chi connectivity index (χ2v) is 6.60. The van der Waals surface area contributed by atoms with Gasteiger partial charge in [-0.05, 0) is 30.5 Å². The highest BCUT2D eigenvalue weighted by atomic mass is 16.4. The van der Waals surface area contributed by atoms with Crippen LogP contribution in [0, 0.1) is 0 Å². The van der Waals surface area contributed by atoms with E-state index in [-0.39, 0.29) is 25.2 Å². The van der Waals surface area contributed by atoms with Crippen molar-refractivity contribution in [1.29, 1.82) is 0 Å². The van der Waals surface area contributed by atoms with Crippen molar-refractivity contribution in [2.24, 2.45) is 0 Å². The Morgan fingerprint density at radius 2 is 1.62 bits per heavy atom. The summed E-state index contributed by atoms with van der Waals surface area (Å²) in [7, 11) is 0. The quantitative estimate of drug-likeness (QED) is 0.341. The Morgan fingerprint density at radius 3 is 2.31 bits per heavy atom. The molecule has 1 atom stereocenters. The van der Waals surface area contributed by atoms with Gasteiger partial charge in [-0.3, -0.25) is 25.2 Å². The van der Waals surface area contributed by atoms with E-state index in [0.29, 0.717) is 13.0 Å². The van der Waals surface area contributed by atoms with Crippen molar-refractivity contribution in [3.63, 3.8) is 0 Å². The van der Waals surface area contributed by atoms with Crippen molar-refractivity contribution in [2.75, 3.05) is 11.9 Å². The Hall–Kier alpha value is -3.42. The smallest absolute Gasteiger partial charge is 0.303 e. The van der Waals surface area contributed by atoms with Gasteiger partial charge in [0.05, 0.1) is 6.42 Å². The molecule has 8 heteroatoms. The number of aromatic nitrogens is 1. The van der Waals surface area contributed by atoms with Crippen LogP contribution in [0.25, 0.3) is 0 Å². The van der Waals surface area contributed by atoms with Crippen LogP contribution in [-0.2, 0) is 14.4 Å². The number of amides is 2. The number of nitrogens with zero attached hydrogens (tertiary/aromatic N) is 1. The molecule has 0 saturated carbocycles. The third-order valence-electron chi connectivity index (χ3n) is 4.27. The molecular weight excluding hydrogens is 372 g/mol. The minimum Gasteiger partial charge on any atom is -0.481 e. The highest BCUT2D eigenvalue weighted by Crippen LogP contribution is 2.23. The Kier molecular flexibility index (Phi) is 9.14. The van der Waals surface area contributed by atoms with Crippen LogP contribution in [0.2, 0.25) is 0 Å². The first-order valence-corrected chi connectivity index (χ1v) is 9.54. The minimum absolute atomic E-state index is 0.0232. The van der Waals surface area contributed by atoms with Gasteiger partial charge in [-0.1, -0.05) is 36.4 Å². The number of hydrazine groups is 1. The molecule has 1 aromatic carbocycles. The first-order valence-electron chi connectivity index (χ1n) is 9.54. The molecule has 0 bridgehead atoms. The third kappa shape index (κ3) is 8.87. The second kappa shape index (κ2) is 12.1. The molecule has 1 unspecified atom stereocenters. The van der Waals surface area contributed by atoms with Crippen LogP contribution >= 0.6 is 0 Å². The van der Waals surface area contributed by atoms with Gasteiger partial charge in [-0.15, -0.1) is 0 Å². The molecule has 0 saturated heterocycles. The Labute approximate surface area is 169 Å². The van der Waals surface area contributed by atoms with Crippen LogP contribution in [-0.4, -0.2) is 34.4 Å². The molecule has 4 N–H and O–H groups in total. The number of carboxylic acid groups (broad SMARTS) is 1. The number of nitrogens with one attached hydrogen (secondary N) is 3. The number of anilines is 1. The van der Waals surface area contributed by atoms with Gasteiger partial charge in [-0.25, -0.2) is 4.98 Å². The van der Waals surface area contributed by atoms with Gasteiger partial charge in [0, 0.05) is 31.5 Å². The molecule has 29 heavy (non-hydrogen) atoms. The van der Waals surface area contributed by atoms with E-state index in [4.69, 9.17) is 5.11 Å². The molecule has 1 aromatic heterocycles. The van der Waals surface area contributed by atoms with Crippen molar-refractivity contribution < 1.29 is 19.5 Å².